The van der Waals surface area contributed by atoms with Crippen molar-refractivity contribution in [3.63, 3.8) is 0 Å². The molecule has 0 bridgehead atoms. The van der Waals surface area contributed by atoms with Crippen LogP contribution in [0.2, 0.25) is 0 Å². The maximum absolute atomic E-state index is 12.4. The second kappa shape index (κ2) is 7.62. The fraction of sp³-hybridized carbons (Fsp3) is 0.294. The third kappa shape index (κ3) is 5.06. The molecule has 0 spiro atoms. The van der Waals surface area contributed by atoms with Crippen molar-refractivity contribution in [3.05, 3.63) is 60.2 Å². The van der Waals surface area contributed by atoms with E-state index in [-0.39, 0.29) is 11.8 Å². The Morgan fingerprint density at radius 3 is 2.38 bits per heavy atom. The number of aryl methyl sites for hydroxylation is 1. The third-order valence-electron chi connectivity index (χ3n) is 3.21. The molecule has 2 aromatic carbocycles. The van der Waals surface area contributed by atoms with Gasteiger partial charge in [-0.05, 0) is 37.5 Å². The average Bonchev–Trinajstić information content (AvgIpc) is 2.48. The zero-order valence-corrected chi connectivity index (χ0v) is 11.9. The molecule has 21 heavy (non-hydrogen) atoms. The Labute approximate surface area is 123 Å². The van der Waals surface area contributed by atoms with E-state index in [0.29, 0.717) is 5.69 Å². The first-order chi connectivity index (χ1) is 10.1. The lowest BCUT2D eigenvalue weighted by atomic mass is 10.1. The maximum Gasteiger partial charge on any atom is 0.387 e. The molecule has 0 amide bonds. The van der Waals surface area contributed by atoms with Crippen LogP contribution in [0.1, 0.15) is 18.9 Å². The van der Waals surface area contributed by atoms with Crippen molar-refractivity contribution >= 4 is 5.69 Å². The number of benzene rings is 2. The van der Waals surface area contributed by atoms with E-state index in [9.17, 15) is 8.78 Å². The van der Waals surface area contributed by atoms with E-state index in [1.54, 1.807) is 24.3 Å². The Balaban J connectivity index is 1.92. The van der Waals surface area contributed by atoms with Crippen LogP contribution in [0.3, 0.4) is 0 Å². The minimum atomic E-state index is -2.81. The molecule has 0 aromatic heterocycles. The zero-order chi connectivity index (χ0) is 15.1. The van der Waals surface area contributed by atoms with Gasteiger partial charge in [0.15, 0.2) is 0 Å². The smallest absolute Gasteiger partial charge is 0.387 e. The van der Waals surface area contributed by atoms with Crippen LogP contribution in [-0.4, -0.2) is 12.7 Å². The number of alkyl halides is 2. The number of rotatable bonds is 7. The largest absolute Gasteiger partial charge is 0.433 e. The van der Waals surface area contributed by atoms with E-state index in [1.165, 1.54) is 5.56 Å². The summed E-state index contributed by atoms with van der Waals surface area (Å²) in [6, 6.07) is 17.1. The first-order valence-corrected chi connectivity index (χ1v) is 6.99. The predicted octanol–water partition coefficient (Wildman–Crippen LogP) is 4.72. The molecule has 2 nitrogen and oxygen atoms in total. The van der Waals surface area contributed by atoms with Crippen LogP contribution >= 0.6 is 0 Å². The quantitative estimate of drug-likeness (QED) is 0.797. The van der Waals surface area contributed by atoms with Crippen molar-refractivity contribution in [2.75, 3.05) is 5.32 Å². The lowest BCUT2D eigenvalue weighted by molar-refractivity contribution is -0.0493. The van der Waals surface area contributed by atoms with Crippen LogP contribution in [0.15, 0.2) is 54.6 Å². The molecule has 1 atom stereocenters. The summed E-state index contributed by atoms with van der Waals surface area (Å²) in [6.45, 7) is -0.783. The van der Waals surface area contributed by atoms with Gasteiger partial charge >= 0.3 is 6.61 Å². The molecule has 112 valence electrons. The molecule has 1 N–H and O–H groups in total. The van der Waals surface area contributed by atoms with Crippen LogP contribution in [0.4, 0.5) is 14.5 Å². The van der Waals surface area contributed by atoms with Gasteiger partial charge in [-0.1, -0.05) is 42.5 Å². The van der Waals surface area contributed by atoms with Crippen molar-refractivity contribution in [3.8, 4) is 5.75 Å². The number of ether oxygens (including phenoxy) is 1. The van der Waals surface area contributed by atoms with E-state index in [4.69, 9.17) is 0 Å². The maximum atomic E-state index is 12.4. The number of nitrogens with one attached hydrogen (secondary N) is 1. The SMILES string of the molecule is CC(CCc1ccccc1)Nc1ccccc1OC(F)F. The second-order valence-corrected chi connectivity index (χ2v) is 4.94. The Bertz CT molecular complexity index is 545. The van der Waals surface area contributed by atoms with E-state index in [0.717, 1.165) is 12.8 Å². The van der Waals surface area contributed by atoms with Gasteiger partial charge < -0.3 is 10.1 Å². The summed E-state index contributed by atoms with van der Waals surface area (Å²) >= 11 is 0. The summed E-state index contributed by atoms with van der Waals surface area (Å²) in [4.78, 5) is 0. The predicted molar refractivity (Wildman–Crippen MR) is 80.9 cm³/mol. The Kier molecular flexibility index (Phi) is 5.55. The molecule has 2 aromatic rings. The van der Waals surface area contributed by atoms with Gasteiger partial charge in [0.1, 0.15) is 5.75 Å². The Hall–Kier alpha value is -2.10. The molecule has 1 unspecified atom stereocenters. The van der Waals surface area contributed by atoms with Gasteiger partial charge in [0.05, 0.1) is 5.69 Å². The van der Waals surface area contributed by atoms with Crippen molar-refractivity contribution in [2.24, 2.45) is 0 Å². The van der Waals surface area contributed by atoms with Crippen LogP contribution in [0, 0.1) is 0 Å². The molecular formula is C17H19F2NO. The van der Waals surface area contributed by atoms with Crippen LogP contribution in [-0.2, 0) is 6.42 Å². The van der Waals surface area contributed by atoms with Crippen molar-refractivity contribution in [2.45, 2.75) is 32.4 Å². The number of halogens is 2. The average molecular weight is 291 g/mol. The molecule has 0 radical (unpaired) electrons. The van der Waals surface area contributed by atoms with Gasteiger partial charge in [0.25, 0.3) is 0 Å². The molecule has 0 aliphatic heterocycles. The highest BCUT2D eigenvalue weighted by Crippen LogP contribution is 2.26. The molecule has 0 aliphatic carbocycles. The van der Waals surface area contributed by atoms with Gasteiger partial charge in [-0.3, -0.25) is 0 Å². The summed E-state index contributed by atoms with van der Waals surface area (Å²) in [6.07, 6.45) is 1.85. The summed E-state index contributed by atoms with van der Waals surface area (Å²) < 4.78 is 29.2. The molecule has 0 heterocycles. The minimum Gasteiger partial charge on any atom is -0.433 e. The van der Waals surface area contributed by atoms with Gasteiger partial charge in [-0.25, -0.2) is 0 Å². The van der Waals surface area contributed by atoms with E-state index >= 15 is 0 Å². The summed E-state index contributed by atoms with van der Waals surface area (Å²) in [7, 11) is 0. The van der Waals surface area contributed by atoms with Gasteiger partial charge in [-0.15, -0.1) is 0 Å². The molecule has 0 saturated carbocycles. The Morgan fingerprint density at radius 1 is 1.00 bits per heavy atom. The van der Waals surface area contributed by atoms with E-state index < -0.39 is 6.61 Å². The normalized spacial score (nSPS) is 12.2. The summed E-state index contributed by atoms with van der Waals surface area (Å²) in [5, 5.41) is 3.23. The van der Waals surface area contributed by atoms with Crippen LogP contribution < -0.4 is 10.1 Å². The fourth-order valence-electron chi connectivity index (χ4n) is 2.15. The summed E-state index contributed by atoms with van der Waals surface area (Å²) in [5.41, 5.74) is 1.86. The summed E-state index contributed by atoms with van der Waals surface area (Å²) in [5.74, 6) is 0.180. The molecule has 0 aliphatic rings. The van der Waals surface area contributed by atoms with Gasteiger partial charge in [0, 0.05) is 6.04 Å². The third-order valence-corrected chi connectivity index (χ3v) is 3.21. The highest BCUT2D eigenvalue weighted by molar-refractivity contribution is 5.56. The highest BCUT2D eigenvalue weighted by Gasteiger charge is 2.11. The van der Waals surface area contributed by atoms with Crippen LogP contribution in [0.25, 0.3) is 0 Å². The number of hydrogen-bond acceptors (Lipinski definition) is 2. The van der Waals surface area contributed by atoms with Crippen LogP contribution in [0.5, 0.6) is 5.75 Å². The first-order valence-electron chi connectivity index (χ1n) is 6.99. The lowest BCUT2D eigenvalue weighted by Gasteiger charge is -2.18. The molecule has 0 saturated heterocycles. The first kappa shape index (κ1) is 15.3. The lowest BCUT2D eigenvalue weighted by Crippen LogP contribution is -2.17. The monoisotopic (exact) mass is 291 g/mol. The molecule has 4 heteroatoms. The fourth-order valence-corrected chi connectivity index (χ4v) is 2.15. The molecule has 2 rings (SSSR count). The minimum absolute atomic E-state index is 0.160. The van der Waals surface area contributed by atoms with E-state index in [1.807, 2.05) is 25.1 Å². The molecule has 0 fully saturated rings. The topological polar surface area (TPSA) is 21.3 Å². The molecular weight excluding hydrogens is 272 g/mol. The van der Waals surface area contributed by atoms with Crippen molar-refractivity contribution < 1.29 is 13.5 Å². The number of anilines is 1. The highest BCUT2D eigenvalue weighted by atomic mass is 19.3. The Morgan fingerprint density at radius 2 is 1.67 bits per heavy atom. The van der Waals surface area contributed by atoms with Gasteiger partial charge in [0.2, 0.25) is 0 Å². The zero-order valence-electron chi connectivity index (χ0n) is 11.9. The second-order valence-electron chi connectivity index (χ2n) is 4.94. The standard InChI is InChI=1S/C17H19F2NO/c1-13(11-12-14-7-3-2-4-8-14)20-15-9-5-6-10-16(15)21-17(18)19/h2-10,13,17,20H,11-12H2,1H3. The van der Waals surface area contributed by atoms with Crippen molar-refractivity contribution in [1.82, 2.24) is 0 Å². The van der Waals surface area contributed by atoms with Crippen molar-refractivity contribution in [1.29, 1.82) is 0 Å². The number of hydrogen-bond donors (Lipinski definition) is 1. The number of para-hydroxylation sites is 2. The van der Waals surface area contributed by atoms with Gasteiger partial charge in [-0.2, -0.15) is 8.78 Å². The van der Waals surface area contributed by atoms with E-state index in [2.05, 4.69) is 22.2 Å².